The minimum absolute atomic E-state index is 0.0775. The van der Waals surface area contributed by atoms with Crippen LogP contribution >= 0.6 is 0 Å². The second kappa shape index (κ2) is 43.0. The van der Waals surface area contributed by atoms with Gasteiger partial charge in [-0.3, -0.25) is 9.59 Å². The third-order valence-corrected chi connectivity index (χ3v) is 9.30. The van der Waals surface area contributed by atoms with Crippen LogP contribution in [0.1, 0.15) is 206 Å². The summed E-state index contributed by atoms with van der Waals surface area (Å²) in [6, 6.07) is 0. The molecule has 5 heteroatoms. The van der Waals surface area contributed by atoms with Crippen LogP contribution < -0.4 is 0 Å². The van der Waals surface area contributed by atoms with Gasteiger partial charge >= 0.3 is 11.9 Å². The molecule has 52 heavy (non-hydrogen) atoms. The van der Waals surface area contributed by atoms with E-state index in [4.69, 9.17) is 9.47 Å². The van der Waals surface area contributed by atoms with E-state index in [1.54, 1.807) is 0 Å². The summed E-state index contributed by atoms with van der Waals surface area (Å²) in [6.07, 6.45) is 55.8. The number of carbonyl (C=O) groups excluding carboxylic acids is 2. The van der Waals surface area contributed by atoms with E-state index in [1.807, 2.05) is 0 Å². The van der Waals surface area contributed by atoms with E-state index in [0.29, 0.717) is 12.8 Å². The zero-order valence-electron chi connectivity index (χ0n) is 34.1. The van der Waals surface area contributed by atoms with Crippen LogP contribution in [0, 0.1) is 0 Å². The molecular weight excluding hydrogens is 645 g/mol. The van der Waals surface area contributed by atoms with Crippen LogP contribution in [-0.4, -0.2) is 36.4 Å². The topological polar surface area (TPSA) is 72.8 Å². The fraction of sp³-hybridized carbons (Fsp3) is 0.745. The molecule has 0 aliphatic rings. The van der Waals surface area contributed by atoms with Crippen molar-refractivity contribution in [1.29, 1.82) is 0 Å². The molecule has 0 aliphatic heterocycles. The molecule has 1 N–H and O–H groups in total. The van der Waals surface area contributed by atoms with Crippen molar-refractivity contribution in [1.82, 2.24) is 0 Å². The molecule has 300 valence electrons. The van der Waals surface area contributed by atoms with Crippen LogP contribution in [0.25, 0.3) is 0 Å². The van der Waals surface area contributed by atoms with Crippen LogP contribution in [0.5, 0.6) is 0 Å². The Labute approximate surface area is 321 Å². The van der Waals surface area contributed by atoms with Crippen LogP contribution in [-0.2, 0) is 19.1 Å². The summed E-state index contributed by atoms with van der Waals surface area (Å²) in [5.41, 5.74) is 0. The maximum Gasteiger partial charge on any atom is 0.306 e. The minimum Gasteiger partial charge on any atom is -0.462 e. The fourth-order valence-corrected chi connectivity index (χ4v) is 6.01. The van der Waals surface area contributed by atoms with Gasteiger partial charge in [-0.05, 0) is 77.0 Å². The highest BCUT2D eigenvalue weighted by molar-refractivity contribution is 5.70. The lowest BCUT2D eigenvalue weighted by atomic mass is 10.0. The molecule has 0 bridgehead atoms. The van der Waals surface area contributed by atoms with Gasteiger partial charge in [-0.1, -0.05) is 177 Å². The molecule has 1 atom stereocenters. The summed E-state index contributed by atoms with van der Waals surface area (Å²) in [5, 5.41) is 9.58. The number of allylic oxidation sites excluding steroid dienone is 10. The third kappa shape index (κ3) is 40.4. The zero-order valence-corrected chi connectivity index (χ0v) is 34.1. The van der Waals surface area contributed by atoms with Crippen molar-refractivity contribution < 1.29 is 24.2 Å². The van der Waals surface area contributed by atoms with E-state index in [9.17, 15) is 14.7 Å². The molecule has 0 aromatic heterocycles. The normalized spacial score (nSPS) is 12.8. The van der Waals surface area contributed by atoms with Crippen LogP contribution in [0.15, 0.2) is 60.8 Å². The number of carbonyl (C=O) groups is 2. The number of unbranched alkanes of at least 4 members (excludes halogenated alkanes) is 21. The molecule has 0 aromatic carbocycles. The first-order valence-corrected chi connectivity index (χ1v) is 21.8. The first kappa shape index (κ1) is 49.6. The average Bonchev–Trinajstić information content (AvgIpc) is 3.15. The molecular formula is C47H82O5. The predicted molar refractivity (Wildman–Crippen MR) is 223 cm³/mol. The lowest BCUT2D eigenvalue weighted by molar-refractivity contribution is -0.161. The van der Waals surface area contributed by atoms with Crippen LogP contribution in [0.3, 0.4) is 0 Å². The van der Waals surface area contributed by atoms with Gasteiger partial charge in [0.1, 0.15) is 6.61 Å². The lowest BCUT2D eigenvalue weighted by Gasteiger charge is -2.15. The Morgan fingerprint density at radius 1 is 0.462 bits per heavy atom. The number of ether oxygens (including phenoxy) is 2. The van der Waals surface area contributed by atoms with Crippen molar-refractivity contribution >= 4 is 11.9 Å². The molecule has 5 nitrogen and oxygen atoms in total. The van der Waals surface area contributed by atoms with E-state index in [1.165, 1.54) is 103 Å². The highest BCUT2D eigenvalue weighted by Crippen LogP contribution is 2.14. The van der Waals surface area contributed by atoms with Crippen molar-refractivity contribution in [2.45, 2.75) is 213 Å². The number of aliphatic hydroxyl groups is 1. The minimum atomic E-state index is -0.786. The van der Waals surface area contributed by atoms with Crippen molar-refractivity contribution in [2.75, 3.05) is 13.2 Å². The van der Waals surface area contributed by atoms with Crippen molar-refractivity contribution in [3.63, 3.8) is 0 Å². The van der Waals surface area contributed by atoms with Gasteiger partial charge in [0.2, 0.25) is 0 Å². The molecule has 0 unspecified atom stereocenters. The highest BCUT2D eigenvalue weighted by atomic mass is 16.6. The Morgan fingerprint density at radius 2 is 0.827 bits per heavy atom. The summed E-state index contributed by atoms with van der Waals surface area (Å²) >= 11 is 0. The summed E-state index contributed by atoms with van der Waals surface area (Å²) in [4.78, 5) is 24.3. The maximum atomic E-state index is 12.2. The summed E-state index contributed by atoms with van der Waals surface area (Å²) in [7, 11) is 0. The van der Waals surface area contributed by atoms with Crippen molar-refractivity contribution in [2.24, 2.45) is 0 Å². The van der Waals surface area contributed by atoms with Crippen molar-refractivity contribution in [3.8, 4) is 0 Å². The quantitative estimate of drug-likeness (QED) is 0.0388. The molecule has 0 radical (unpaired) electrons. The van der Waals surface area contributed by atoms with Gasteiger partial charge in [0.05, 0.1) is 6.61 Å². The largest absolute Gasteiger partial charge is 0.462 e. The number of rotatable bonds is 39. The Bertz CT molecular complexity index is 915. The molecule has 0 heterocycles. The monoisotopic (exact) mass is 727 g/mol. The summed E-state index contributed by atoms with van der Waals surface area (Å²) < 4.78 is 10.6. The molecule has 0 saturated heterocycles. The van der Waals surface area contributed by atoms with E-state index in [2.05, 4.69) is 74.6 Å². The molecule has 0 aromatic rings. The molecule has 0 spiro atoms. The van der Waals surface area contributed by atoms with Crippen LogP contribution in [0.2, 0.25) is 0 Å². The smallest absolute Gasteiger partial charge is 0.306 e. The number of hydrogen-bond donors (Lipinski definition) is 1. The average molecular weight is 727 g/mol. The van der Waals surface area contributed by atoms with Gasteiger partial charge < -0.3 is 14.6 Å². The summed E-state index contributed by atoms with van der Waals surface area (Å²) in [5.74, 6) is -0.619. The Hall–Kier alpha value is -2.40. The predicted octanol–water partition coefficient (Wildman–Crippen LogP) is 14.0. The first-order valence-electron chi connectivity index (χ1n) is 21.8. The van der Waals surface area contributed by atoms with Crippen LogP contribution in [0.4, 0.5) is 0 Å². The number of esters is 2. The van der Waals surface area contributed by atoms with E-state index in [0.717, 1.165) is 77.0 Å². The summed E-state index contributed by atoms with van der Waals surface area (Å²) in [6.45, 7) is 4.00. The number of hydrogen-bond acceptors (Lipinski definition) is 5. The second-order valence-electron chi connectivity index (χ2n) is 14.4. The molecule has 0 aliphatic carbocycles. The zero-order chi connectivity index (χ0) is 37.8. The Morgan fingerprint density at radius 3 is 1.27 bits per heavy atom. The highest BCUT2D eigenvalue weighted by Gasteiger charge is 2.16. The maximum absolute atomic E-state index is 12.2. The molecule has 0 rings (SSSR count). The Kier molecular flexibility index (Phi) is 41.0. The fourth-order valence-electron chi connectivity index (χ4n) is 6.01. The van der Waals surface area contributed by atoms with Gasteiger partial charge in [-0.15, -0.1) is 0 Å². The standard InChI is InChI=1S/C47H82O5/c1-3-5-7-9-11-13-15-17-19-21-22-23-24-26-27-29-31-33-35-37-39-41-46(49)51-44-45(43-48)52-47(50)42-40-38-36-34-32-30-28-25-20-18-16-14-12-10-8-6-4-2/h6,8,12,14,17-20,28,30,45,48H,3-5,7,9-11,13,15-16,21-27,29,31-44H2,1-2H3/b8-6-,14-12-,19-17-,20-18-,30-28-/t45-/m0/s1. The van der Waals surface area contributed by atoms with Crippen molar-refractivity contribution in [3.05, 3.63) is 60.8 Å². The molecule has 0 saturated carbocycles. The second-order valence-corrected chi connectivity index (χ2v) is 14.4. The number of aliphatic hydroxyl groups excluding tert-OH is 1. The van der Waals surface area contributed by atoms with E-state index in [-0.39, 0.29) is 25.2 Å². The Balaban J connectivity index is 3.56. The van der Waals surface area contributed by atoms with E-state index < -0.39 is 6.10 Å². The van der Waals surface area contributed by atoms with Gasteiger partial charge in [0.15, 0.2) is 6.10 Å². The molecule has 0 amide bonds. The molecule has 0 fully saturated rings. The third-order valence-electron chi connectivity index (χ3n) is 9.30. The van der Waals surface area contributed by atoms with Gasteiger partial charge in [0.25, 0.3) is 0 Å². The van der Waals surface area contributed by atoms with Gasteiger partial charge in [-0.25, -0.2) is 0 Å². The van der Waals surface area contributed by atoms with Gasteiger partial charge in [0, 0.05) is 12.8 Å². The SMILES string of the molecule is CC/C=C\C/C=C\C/C=C\C/C=C\CCCCCCC(=O)O[C@@H](CO)COC(=O)CCCCCCCCCCCCC/C=C\CCCCCCCC. The lowest BCUT2D eigenvalue weighted by Crippen LogP contribution is -2.28. The van der Waals surface area contributed by atoms with Gasteiger partial charge in [-0.2, -0.15) is 0 Å². The first-order chi connectivity index (χ1) is 25.6. The van der Waals surface area contributed by atoms with E-state index >= 15 is 0 Å².